The van der Waals surface area contributed by atoms with E-state index in [2.05, 4.69) is 31.9 Å². The van der Waals surface area contributed by atoms with Crippen LogP contribution in [0.5, 0.6) is 0 Å². The molecule has 0 bridgehead atoms. The van der Waals surface area contributed by atoms with Gasteiger partial charge in [-0.2, -0.15) is 5.26 Å². The van der Waals surface area contributed by atoms with Gasteiger partial charge in [0.05, 0.1) is 12.0 Å². The van der Waals surface area contributed by atoms with Gasteiger partial charge in [0.15, 0.2) is 0 Å². The Hall–Kier alpha value is -0.550. The first kappa shape index (κ1) is 8.55. The summed E-state index contributed by atoms with van der Waals surface area (Å²) in [6.07, 6.45) is 1.05. The lowest BCUT2D eigenvalue weighted by atomic mass is 9.79. The van der Waals surface area contributed by atoms with E-state index in [0.717, 1.165) is 19.5 Å². The van der Waals surface area contributed by atoms with Crippen molar-refractivity contribution in [1.29, 1.82) is 5.26 Å². The summed E-state index contributed by atoms with van der Waals surface area (Å²) in [4.78, 5) is 2.25. The molecule has 0 amide bonds. The molecule has 1 heterocycles. The second-order valence-corrected chi connectivity index (χ2v) is 4.39. The molecule has 1 aliphatic heterocycles. The minimum absolute atomic E-state index is 0.240. The fraction of sp³-hybridized carbons (Fsp3) is 0.889. The van der Waals surface area contributed by atoms with E-state index >= 15 is 0 Å². The molecule has 0 radical (unpaired) electrons. The summed E-state index contributed by atoms with van der Waals surface area (Å²) in [6, 6.07) is 2.35. The highest BCUT2D eigenvalue weighted by Crippen LogP contribution is 2.30. The van der Waals surface area contributed by atoms with Crippen molar-refractivity contribution >= 4 is 0 Å². The van der Waals surface area contributed by atoms with Crippen LogP contribution in [-0.2, 0) is 0 Å². The average molecular weight is 152 g/mol. The first-order chi connectivity index (χ1) is 5.03. The molecule has 0 spiro atoms. The maximum atomic E-state index is 8.76. The lowest BCUT2D eigenvalue weighted by Crippen LogP contribution is -2.41. The van der Waals surface area contributed by atoms with Gasteiger partial charge in [-0.25, -0.2) is 0 Å². The first-order valence-corrected chi connectivity index (χ1v) is 4.12. The molecule has 0 aromatic heterocycles. The van der Waals surface area contributed by atoms with Crippen molar-refractivity contribution < 1.29 is 0 Å². The van der Waals surface area contributed by atoms with E-state index in [1.165, 1.54) is 0 Å². The van der Waals surface area contributed by atoms with Crippen LogP contribution >= 0.6 is 0 Å². The van der Waals surface area contributed by atoms with E-state index in [-0.39, 0.29) is 5.92 Å². The molecule has 0 aliphatic carbocycles. The van der Waals surface area contributed by atoms with E-state index < -0.39 is 0 Å². The maximum Gasteiger partial charge on any atom is 0.0669 e. The topological polar surface area (TPSA) is 27.0 Å². The maximum absolute atomic E-state index is 8.76. The predicted octanol–water partition coefficient (Wildman–Crippen LogP) is 1.49. The number of nitriles is 1. The van der Waals surface area contributed by atoms with Gasteiger partial charge in [0, 0.05) is 13.1 Å². The second-order valence-electron chi connectivity index (χ2n) is 4.39. The summed E-state index contributed by atoms with van der Waals surface area (Å²) in [5.41, 5.74) is 0.327. The monoisotopic (exact) mass is 152 g/mol. The highest BCUT2D eigenvalue weighted by molar-refractivity contribution is 4.93. The second kappa shape index (κ2) is 2.83. The minimum Gasteiger partial charge on any atom is -0.305 e. The number of likely N-dealkylation sites (tertiary alicyclic amines) is 1. The zero-order valence-electron chi connectivity index (χ0n) is 7.59. The lowest BCUT2D eigenvalue weighted by Gasteiger charge is -2.38. The van der Waals surface area contributed by atoms with Crippen LogP contribution in [0.3, 0.4) is 0 Å². The Morgan fingerprint density at radius 3 is 2.64 bits per heavy atom. The third-order valence-corrected chi connectivity index (χ3v) is 2.21. The zero-order chi connectivity index (χ0) is 8.48. The van der Waals surface area contributed by atoms with Crippen LogP contribution < -0.4 is 0 Å². The van der Waals surface area contributed by atoms with E-state index in [4.69, 9.17) is 5.26 Å². The van der Waals surface area contributed by atoms with Gasteiger partial charge in [-0.3, -0.25) is 0 Å². The summed E-state index contributed by atoms with van der Waals surface area (Å²) in [7, 11) is 2.09. The minimum atomic E-state index is 0.240. The Morgan fingerprint density at radius 1 is 1.55 bits per heavy atom. The van der Waals surface area contributed by atoms with Gasteiger partial charge in [0.25, 0.3) is 0 Å². The predicted molar refractivity (Wildman–Crippen MR) is 45.0 cm³/mol. The van der Waals surface area contributed by atoms with Gasteiger partial charge in [-0.1, -0.05) is 13.8 Å². The van der Waals surface area contributed by atoms with Gasteiger partial charge in [-0.05, 0) is 18.9 Å². The van der Waals surface area contributed by atoms with Crippen LogP contribution in [0.2, 0.25) is 0 Å². The van der Waals surface area contributed by atoms with Crippen LogP contribution in [0, 0.1) is 22.7 Å². The van der Waals surface area contributed by atoms with Gasteiger partial charge < -0.3 is 4.90 Å². The molecule has 1 saturated heterocycles. The molecule has 1 atom stereocenters. The normalized spacial score (nSPS) is 31.3. The summed E-state index contributed by atoms with van der Waals surface area (Å²) >= 11 is 0. The fourth-order valence-corrected chi connectivity index (χ4v) is 2.05. The number of nitrogens with zero attached hydrogens (tertiary/aromatic N) is 2. The Balaban J connectivity index is 2.60. The Labute approximate surface area is 68.8 Å². The van der Waals surface area contributed by atoms with Gasteiger partial charge >= 0.3 is 0 Å². The average Bonchev–Trinajstić information content (AvgIpc) is 1.83. The Kier molecular flexibility index (Phi) is 2.20. The molecule has 1 aliphatic rings. The highest BCUT2D eigenvalue weighted by Gasteiger charge is 2.30. The van der Waals surface area contributed by atoms with Crippen molar-refractivity contribution in [2.75, 3.05) is 20.1 Å². The molecule has 2 heteroatoms. The molecule has 1 unspecified atom stereocenters. The SMILES string of the molecule is CN1CC(C#N)CC(C)(C)C1. The van der Waals surface area contributed by atoms with Crippen molar-refractivity contribution in [3.63, 3.8) is 0 Å². The third-order valence-electron chi connectivity index (χ3n) is 2.21. The van der Waals surface area contributed by atoms with Crippen molar-refractivity contribution in [1.82, 2.24) is 4.90 Å². The number of hydrogen-bond donors (Lipinski definition) is 0. The molecule has 0 aromatic carbocycles. The summed E-state index contributed by atoms with van der Waals surface area (Å²) in [5, 5.41) is 8.76. The van der Waals surface area contributed by atoms with E-state index in [1.807, 2.05) is 0 Å². The molecule has 1 rings (SSSR count). The quantitative estimate of drug-likeness (QED) is 0.526. The van der Waals surface area contributed by atoms with E-state index in [9.17, 15) is 0 Å². The van der Waals surface area contributed by atoms with Gasteiger partial charge in [0.2, 0.25) is 0 Å². The third kappa shape index (κ3) is 2.20. The smallest absolute Gasteiger partial charge is 0.0669 e. The first-order valence-electron chi connectivity index (χ1n) is 4.12. The molecule has 0 N–H and O–H groups in total. The molecule has 1 fully saturated rings. The van der Waals surface area contributed by atoms with Gasteiger partial charge in [-0.15, -0.1) is 0 Å². The van der Waals surface area contributed by atoms with Crippen molar-refractivity contribution in [3.05, 3.63) is 0 Å². The molecule has 62 valence electrons. The van der Waals surface area contributed by atoms with Crippen LogP contribution in [0.1, 0.15) is 20.3 Å². The molecule has 0 saturated carbocycles. The standard InChI is InChI=1S/C9H16N2/c1-9(2)4-8(5-10)6-11(3)7-9/h8H,4,6-7H2,1-3H3. The van der Waals surface area contributed by atoms with Crippen LogP contribution in [0.25, 0.3) is 0 Å². The number of rotatable bonds is 0. The molecule has 11 heavy (non-hydrogen) atoms. The summed E-state index contributed by atoms with van der Waals surface area (Å²) in [5.74, 6) is 0.240. The van der Waals surface area contributed by atoms with Crippen LogP contribution in [0.15, 0.2) is 0 Å². The molecular weight excluding hydrogens is 136 g/mol. The molecular formula is C9H16N2. The van der Waals surface area contributed by atoms with Crippen molar-refractivity contribution in [2.24, 2.45) is 11.3 Å². The lowest BCUT2D eigenvalue weighted by molar-refractivity contribution is 0.115. The van der Waals surface area contributed by atoms with E-state index in [1.54, 1.807) is 0 Å². The van der Waals surface area contributed by atoms with Crippen molar-refractivity contribution in [2.45, 2.75) is 20.3 Å². The Bertz CT molecular complexity index is 178. The molecule has 2 nitrogen and oxygen atoms in total. The fourth-order valence-electron chi connectivity index (χ4n) is 2.05. The Morgan fingerprint density at radius 2 is 2.18 bits per heavy atom. The van der Waals surface area contributed by atoms with Crippen molar-refractivity contribution in [3.8, 4) is 6.07 Å². The van der Waals surface area contributed by atoms with E-state index in [0.29, 0.717) is 5.41 Å². The summed E-state index contributed by atoms with van der Waals surface area (Å²) in [6.45, 7) is 6.52. The number of hydrogen-bond acceptors (Lipinski definition) is 2. The highest BCUT2D eigenvalue weighted by atomic mass is 15.1. The molecule has 0 aromatic rings. The van der Waals surface area contributed by atoms with Crippen LogP contribution in [-0.4, -0.2) is 25.0 Å². The van der Waals surface area contributed by atoms with Crippen LogP contribution in [0.4, 0.5) is 0 Å². The van der Waals surface area contributed by atoms with Gasteiger partial charge in [0.1, 0.15) is 0 Å². The number of piperidine rings is 1. The largest absolute Gasteiger partial charge is 0.305 e. The zero-order valence-corrected chi connectivity index (χ0v) is 7.59. The summed E-state index contributed by atoms with van der Waals surface area (Å²) < 4.78 is 0.